The number of aromatic amines is 3. The quantitative estimate of drug-likeness (QED) is 0.366. The Bertz CT molecular complexity index is 1290. The fraction of sp³-hybridized carbons (Fsp3) is 0.0556. The van der Waals surface area contributed by atoms with Crippen molar-refractivity contribution in [3.05, 3.63) is 85.1 Å². The minimum Gasteiger partial charge on any atom is -0.341 e. The van der Waals surface area contributed by atoms with E-state index in [0.717, 1.165) is 27.7 Å². The summed E-state index contributed by atoms with van der Waals surface area (Å²) in [5, 5.41) is 11.8. The van der Waals surface area contributed by atoms with Crippen molar-refractivity contribution in [2.45, 2.75) is 5.92 Å². The molecule has 1 atom stereocenters. The molecule has 5 rings (SSSR count). The molecule has 0 spiro atoms. The van der Waals surface area contributed by atoms with Crippen molar-refractivity contribution in [1.82, 2.24) is 20.2 Å². The molecular formula is C18H12ClN5O2. The lowest BCUT2D eigenvalue weighted by Gasteiger charge is -2.29. The molecule has 0 amide bonds. The average molecular weight is 366 g/mol. The maximum atomic E-state index is 12.7. The van der Waals surface area contributed by atoms with Crippen LogP contribution < -0.4 is 16.6 Å². The molecule has 0 saturated heterocycles. The first-order chi connectivity index (χ1) is 12.6. The third kappa shape index (κ3) is 2.04. The number of benzene rings is 2. The van der Waals surface area contributed by atoms with E-state index in [9.17, 15) is 9.59 Å². The normalized spacial score (nSPS) is 15.3. The standard InChI is InChI=1S/C18H12ClN5O2/c19-10-4-2-1-3-9(10)12-13-11(6-5-8-7-20-24-15(8)13)21-16-14(12)17(25)23-18(26)22-16/h1-7,12H,(H,20,24)(H3,21,22,23,25,26). The van der Waals surface area contributed by atoms with Crippen LogP contribution in [0, 0.1) is 0 Å². The summed E-state index contributed by atoms with van der Waals surface area (Å²) in [5.41, 5.74) is 2.62. The molecule has 2 aromatic carbocycles. The fourth-order valence-corrected chi connectivity index (χ4v) is 3.86. The largest absolute Gasteiger partial charge is 0.341 e. The van der Waals surface area contributed by atoms with Gasteiger partial charge in [0.25, 0.3) is 5.56 Å². The number of H-pyrrole nitrogens is 3. The van der Waals surface area contributed by atoms with Gasteiger partial charge in [-0.2, -0.15) is 5.10 Å². The molecule has 8 heteroatoms. The number of rotatable bonds is 1. The van der Waals surface area contributed by atoms with E-state index < -0.39 is 17.2 Å². The number of fused-ring (bicyclic) bond motifs is 4. The molecule has 2 aromatic heterocycles. The highest BCUT2D eigenvalue weighted by molar-refractivity contribution is 6.31. The highest BCUT2D eigenvalue weighted by atomic mass is 35.5. The van der Waals surface area contributed by atoms with Crippen molar-refractivity contribution in [3.63, 3.8) is 0 Å². The zero-order valence-corrected chi connectivity index (χ0v) is 14.0. The summed E-state index contributed by atoms with van der Waals surface area (Å²) < 4.78 is 0. The van der Waals surface area contributed by atoms with Crippen molar-refractivity contribution < 1.29 is 0 Å². The van der Waals surface area contributed by atoms with Gasteiger partial charge in [0.05, 0.1) is 17.3 Å². The predicted molar refractivity (Wildman–Crippen MR) is 99.5 cm³/mol. The summed E-state index contributed by atoms with van der Waals surface area (Å²) in [4.78, 5) is 29.4. The predicted octanol–water partition coefficient (Wildman–Crippen LogP) is 2.83. The van der Waals surface area contributed by atoms with E-state index >= 15 is 0 Å². The van der Waals surface area contributed by atoms with Crippen molar-refractivity contribution in [2.75, 3.05) is 5.32 Å². The number of aromatic nitrogens is 4. The zero-order valence-electron chi connectivity index (χ0n) is 13.3. The molecule has 3 heterocycles. The molecule has 4 aromatic rings. The van der Waals surface area contributed by atoms with E-state index in [0.29, 0.717) is 16.4 Å². The number of anilines is 2. The van der Waals surface area contributed by atoms with Gasteiger partial charge in [-0.3, -0.25) is 19.9 Å². The Morgan fingerprint density at radius 3 is 2.69 bits per heavy atom. The molecule has 0 fully saturated rings. The number of hydrogen-bond donors (Lipinski definition) is 4. The van der Waals surface area contributed by atoms with E-state index in [1.165, 1.54) is 0 Å². The Hall–Kier alpha value is -3.32. The third-order valence-electron chi connectivity index (χ3n) is 4.69. The van der Waals surface area contributed by atoms with Crippen LogP contribution in [0.25, 0.3) is 10.9 Å². The maximum absolute atomic E-state index is 12.7. The Morgan fingerprint density at radius 2 is 1.85 bits per heavy atom. The molecule has 1 aliphatic rings. The van der Waals surface area contributed by atoms with Gasteiger partial charge in [-0.05, 0) is 23.8 Å². The van der Waals surface area contributed by atoms with Gasteiger partial charge >= 0.3 is 5.69 Å². The van der Waals surface area contributed by atoms with E-state index in [2.05, 4.69) is 25.5 Å². The van der Waals surface area contributed by atoms with Gasteiger partial charge < -0.3 is 5.32 Å². The van der Waals surface area contributed by atoms with Crippen molar-refractivity contribution in [3.8, 4) is 0 Å². The van der Waals surface area contributed by atoms with E-state index in [4.69, 9.17) is 11.6 Å². The average Bonchev–Trinajstić information content (AvgIpc) is 3.09. The number of halogens is 1. The Kier molecular flexibility index (Phi) is 3.07. The van der Waals surface area contributed by atoms with E-state index in [1.807, 2.05) is 30.3 Å². The summed E-state index contributed by atoms with van der Waals surface area (Å²) in [6.45, 7) is 0. The second-order valence-corrected chi connectivity index (χ2v) is 6.54. The number of nitrogens with one attached hydrogen (secondary N) is 4. The first kappa shape index (κ1) is 15.0. The van der Waals surface area contributed by atoms with Crippen LogP contribution in [0.3, 0.4) is 0 Å². The minimum atomic E-state index is -0.565. The van der Waals surface area contributed by atoms with Crippen LogP contribution in [0.5, 0.6) is 0 Å². The van der Waals surface area contributed by atoms with Crippen molar-refractivity contribution >= 4 is 34.0 Å². The van der Waals surface area contributed by atoms with Gasteiger partial charge in [-0.25, -0.2) is 4.79 Å². The molecule has 7 nitrogen and oxygen atoms in total. The first-order valence-corrected chi connectivity index (χ1v) is 8.35. The maximum Gasteiger partial charge on any atom is 0.327 e. The van der Waals surface area contributed by atoms with Crippen LogP contribution in [0.4, 0.5) is 11.5 Å². The second kappa shape index (κ2) is 5.34. The molecule has 128 valence electrons. The van der Waals surface area contributed by atoms with E-state index in [-0.39, 0.29) is 0 Å². The van der Waals surface area contributed by atoms with Crippen LogP contribution in [-0.4, -0.2) is 20.2 Å². The van der Waals surface area contributed by atoms with Crippen LogP contribution in [-0.2, 0) is 0 Å². The third-order valence-corrected chi connectivity index (χ3v) is 5.03. The monoisotopic (exact) mass is 365 g/mol. The highest BCUT2D eigenvalue weighted by Gasteiger charge is 2.33. The molecule has 0 bridgehead atoms. The lowest BCUT2D eigenvalue weighted by molar-refractivity contribution is 0.890. The SMILES string of the molecule is O=c1[nH]c2c(c(=O)[nH]1)C(c1ccccc1Cl)c1c(ccc3cn[nH]c13)N2. The van der Waals surface area contributed by atoms with Gasteiger partial charge in [-0.15, -0.1) is 0 Å². The lowest BCUT2D eigenvalue weighted by Crippen LogP contribution is -2.32. The summed E-state index contributed by atoms with van der Waals surface area (Å²) >= 11 is 6.47. The van der Waals surface area contributed by atoms with Crippen LogP contribution in [0.2, 0.25) is 5.02 Å². The lowest BCUT2D eigenvalue weighted by atomic mass is 9.81. The summed E-state index contributed by atoms with van der Waals surface area (Å²) in [5.74, 6) is -0.0882. The molecule has 0 aliphatic carbocycles. The summed E-state index contributed by atoms with van der Waals surface area (Å²) in [7, 11) is 0. The summed E-state index contributed by atoms with van der Waals surface area (Å²) in [6.07, 6.45) is 1.73. The molecule has 4 N–H and O–H groups in total. The van der Waals surface area contributed by atoms with Gasteiger partial charge in [0.1, 0.15) is 5.82 Å². The topological polar surface area (TPSA) is 106 Å². The molecular weight excluding hydrogens is 354 g/mol. The van der Waals surface area contributed by atoms with Crippen LogP contribution >= 0.6 is 11.6 Å². The van der Waals surface area contributed by atoms with Crippen LogP contribution in [0.15, 0.2) is 52.2 Å². The second-order valence-electron chi connectivity index (χ2n) is 6.14. The molecule has 0 radical (unpaired) electrons. The minimum absolute atomic E-state index is 0.370. The summed E-state index contributed by atoms with van der Waals surface area (Å²) in [6, 6.07) is 11.2. The molecule has 0 saturated carbocycles. The fourth-order valence-electron chi connectivity index (χ4n) is 3.61. The molecule has 26 heavy (non-hydrogen) atoms. The van der Waals surface area contributed by atoms with Crippen molar-refractivity contribution in [2.24, 2.45) is 0 Å². The van der Waals surface area contributed by atoms with Gasteiger partial charge in [-0.1, -0.05) is 29.8 Å². The Balaban J connectivity index is 1.93. The van der Waals surface area contributed by atoms with E-state index in [1.54, 1.807) is 12.3 Å². The Labute approximate surface area is 151 Å². The molecule has 1 unspecified atom stereocenters. The number of hydrogen-bond acceptors (Lipinski definition) is 4. The van der Waals surface area contributed by atoms with Crippen molar-refractivity contribution in [1.29, 1.82) is 0 Å². The van der Waals surface area contributed by atoms with Gasteiger partial charge in [0, 0.05) is 27.6 Å². The molecule has 1 aliphatic heterocycles. The zero-order chi connectivity index (χ0) is 17.8. The van der Waals surface area contributed by atoms with Gasteiger partial charge in [0.15, 0.2) is 0 Å². The number of nitrogens with zero attached hydrogens (tertiary/aromatic N) is 1. The smallest absolute Gasteiger partial charge is 0.327 e. The van der Waals surface area contributed by atoms with Crippen LogP contribution in [0.1, 0.15) is 22.6 Å². The van der Waals surface area contributed by atoms with Gasteiger partial charge in [0.2, 0.25) is 0 Å². The highest BCUT2D eigenvalue weighted by Crippen LogP contribution is 2.46. The first-order valence-electron chi connectivity index (χ1n) is 7.97. The Morgan fingerprint density at radius 1 is 1.00 bits per heavy atom.